The molecule has 352 valence electrons. The fourth-order valence-electron chi connectivity index (χ4n) is 7.01. The van der Waals surface area contributed by atoms with Gasteiger partial charge in [0.1, 0.15) is 6.61 Å². The first kappa shape index (κ1) is 58.0. The number of rotatable bonds is 44. The molecule has 0 saturated carbocycles. The van der Waals surface area contributed by atoms with Crippen molar-refractivity contribution in [3.63, 3.8) is 0 Å². The van der Waals surface area contributed by atoms with Gasteiger partial charge in [0.25, 0.3) is 0 Å². The molecule has 0 amide bonds. The van der Waals surface area contributed by atoms with Crippen LogP contribution in [-0.2, 0) is 28.6 Å². The van der Waals surface area contributed by atoms with E-state index in [2.05, 4.69) is 74.6 Å². The zero-order chi connectivity index (χ0) is 44.9. The highest BCUT2D eigenvalue weighted by atomic mass is 16.6. The molecule has 0 aromatic carbocycles. The second-order valence-corrected chi connectivity index (χ2v) is 17.7. The van der Waals surface area contributed by atoms with Crippen molar-refractivity contribution in [1.29, 1.82) is 0 Å². The number of esters is 2. The number of carboxylic acids is 1. The fraction of sp³-hybridized carbons (Fsp3) is 0.755. The summed E-state index contributed by atoms with van der Waals surface area (Å²) in [6, 6.07) is -0.621. The maximum absolute atomic E-state index is 12.8. The van der Waals surface area contributed by atoms with E-state index in [1.54, 1.807) is 0 Å². The van der Waals surface area contributed by atoms with Crippen molar-refractivity contribution in [3.05, 3.63) is 60.8 Å². The van der Waals surface area contributed by atoms with Gasteiger partial charge < -0.3 is 23.8 Å². The highest BCUT2D eigenvalue weighted by Crippen LogP contribution is 2.14. The maximum atomic E-state index is 12.8. The highest BCUT2D eigenvalue weighted by Gasteiger charge is 2.31. The Morgan fingerprint density at radius 1 is 0.492 bits per heavy atom. The molecule has 8 nitrogen and oxygen atoms in total. The monoisotopic (exact) mass is 857 g/mol. The summed E-state index contributed by atoms with van der Waals surface area (Å²) in [6.45, 7) is 4.68. The lowest BCUT2D eigenvalue weighted by Crippen LogP contribution is -2.50. The van der Waals surface area contributed by atoms with Gasteiger partial charge in [-0.1, -0.05) is 164 Å². The Bertz CT molecular complexity index is 1180. The number of allylic oxidation sites excluding steroid dienone is 10. The van der Waals surface area contributed by atoms with Crippen LogP contribution < -0.4 is 0 Å². The van der Waals surface area contributed by atoms with Crippen LogP contribution >= 0.6 is 0 Å². The van der Waals surface area contributed by atoms with E-state index < -0.39 is 18.1 Å². The lowest BCUT2D eigenvalue weighted by molar-refractivity contribution is -0.887. The zero-order valence-corrected chi connectivity index (χ0v) is 40.1. The molecule has 0 aliphatic heterocycles. The van der Waals surface area contributed by atoms with E-state index in [4.69, 9.17) is 14.2 Å². The van der Waals surface area contributed by atoms with Crippen molar-refractivity contribution in [1.82, 2.24) is 0 Å². The van der Waals surface area contributed by atoms with E-state index in [0.29, 0.717) is 19.3 Å². The van der Waals surface area contributed by atoms with Gasteiger partial charge in [-0.25, -0.2) is 4.79 Å². The molecule has 0 aliphatic rings. The summed E-state index contributed by atoms with van der Waals surface area (Å²) >= 11 is 0. The third-order valence-corrected chi connectivity index (χ3v) is 10.9. The average molecular weight is 857 g/mol. The molecule has 0 rings (SSSR count). The van der Waals surface area contributed by atoms with Crippen molar-refractivity contribution < 1.29 is 38.2 Å². The van der Waals surface area contributed by atoms with Gasteiger partial charge in [-0.15, -0.1) is 0 Å². The number of carboxylic acid groups (broad SMARTS) is 1. The standard InChI is InChI=1S/C53H93NO7/c1-6-8-10-12-14-16-18-20-22-24-26-28-30-32-34-36-38-40-42-44-52(56)61-49(47-59-46-45-50(53(57)58)54(3,4)5)48-60-51(55)43-41-39-37-35-33-31-29-27-25-23-21-19-17-15-13-11-9-7-2/h14,16-17,19-20,22-23,25-26,28,49-50H,6-13,15,18,21,24,27,29-48H2,1-5H3/p+1/b16-14-,19-17-,22-20-,25-23-,28-26-. The van der Waals surface area contributed by atoms with Crippen LogP contribution in [0, 0.1) is 0 Å². The van der Waals surface area contributed by atoms with Gasteiger partial charge >= 0.3 is 17.9 Å². The molecule has 2 atom stereocenters. The smallest absolute Gasteiger partial charge is 0.362 e. The number of hydrogen-bond donors (Lipinski definition) is 1. The summed E-state index contributed by atoms with van der Waals surface area (Å²) in [5.41, 5.74) is 0. The van der Waals surface area contributed by atoms with Crippen molar-refractivity contribution in [2.24, 2.45) is 0 Å². The van der Waals surface area contributed by atoms with Gasteiger partial charge in [-0.2, -0.15) is 0 Å². The zero-order valence-electron chi connectivity index (χ0n) is 40.1. The molecule has 8 heteroatoms. The van der Waals surface area contributed by atoms with Gasteiger partial charge in [-0.3, -0.25) is 9.59 Å². The first-order chi connectivity index (χ1) is 29.6. The topological polar surface area (TPSA) is 99.1 Å². The molecule has 0 aliphatic carbocycles. The van der Waals surface area contributed by atoms with Crippen LogP contribution in [0.25, 0.3) is 0 Å². The quantitative estimate of drug-likeness (QED) is 0.0282. The van der Waals surface area contributed by atoms with E-state index in [9.17, 15) is 19.5 Å². The average Bonchev–Trinajstić information content (AvgIpc) is 3.22. The predicted molar refractivity (Wildman–Crippen MR) is 257 cm³/mol. The molecule has 2 unspecified atom stereocenters. The molecule has 1 N–H and O–H groups in total. The highest BCUT2D eigenvalue weighted by molar-refractivity contribution is 5.72. The van der Waals surface area contributed by atoms with E-state index in [-0.39, 0.29) is 36.2 Å². The van der Waals surface area contributed by atoms with Crippen LogP contribution in [0.15, 0.2) is 60.8 Å². The van der Waals surface area contributed by atoms with E-state index in [1.165, 1.54) is 96.3 Å². The Morgan fingerprint density at radius 2 is 0.869 bits per heavy atom. The van der Waals surface area contributed by atoms with Crippen molar-refractivity contribution >= 4 is 17.9 Å². The number of carbonyl (C=O) groups excluding carboxylic acids is 2. The van der Waals surface area contributed by atoms with Crippen LogP contribution in [0.2, 0.25) is 0 Å². The molecule has 0 aromatic rings. The first-order valence-electron chi connectivity index (χ1n) is 24.8. The molecule has 61 heavy (non-hydrogen) atoms. The lowest BCUT2D eigenvalue weighted by atomic mass is 10.1. The molecule has 0 bridgehead atoms. The molecular formula is C53H94NO7+. The van der Waals surface area contributed by atoms with Crippen LogP contribution in [0.4, 0.5) is 0 Å². The lowest BCUT2D eigenvalue weighted by Gasteiger charge is -2.31. The Hall–Kier alpha value is -2.97. The number of ether oxygens (including phenoxy) is 3. The van der Waals surface area contributed by atoms with E-state index in [0.717, 1.165) is 77.0 Å². The summed E-state index contributed by atoms with van der Waals surface area (Å²) < 4.78 is 17.3. The van der Waals surface area contributed by atoms with Gasteiger partial charge in [0, 0.05) is 19.3 Å². The molecule has 0 aromatic heterocycles. The minimum Gasteiger partial charge on any atom is -0.477 e. The number of carbonyl (C=O) groups is 3. The Labute approximate surface area is 375 Å². The SMILES string of the molecule is CCCCC/C=C\C/C=C\C/C=C\CCCCCCCCC(=O)OC(COCCC(C(=O)O)[N+](C)(C)C)COC(=O)CCCCCCCCC/C=C\C/C=C\CCCCCC. The Kier molecular flexibility index (Phi) is 41.5. The summed E-state index contributed by atoms with van der Waals surface area (Å²) in [7, 11) is 5.52. The third kappa shape index (κ3) is 42.1. The Balaban J connectivity index is 4.32. The van der Waals surface area contributed by atoms with Crippen LogP contribution in [0.3, 0.4) is 0 Å². The summed E-state index contributed by atoms with van der Waals surface area (Å²) in [5, 5.41) is 9.65. The van der Waals surface area contributed by atoms with Gasteiger partial charge in [0.15, 0.2) is 12.1 Å². The summed E-state index contributed by atoms with van der Waals surface area (Å²) in [6.07, 6.45) is 54.0. The van der Waals surface area contributed by atoms with Crippen molar-refractivity contribution in [2.75, 3.05) is 41.0 Å². The maximum Gasteiger partial charge on any atom is 0.362 e. The molecule has 0 fully saturated rings. The van der Waals surface area contributed by atoms with Crippen LogP contribution in [-0.4, -0.2) is 80.6 Å². The van der Waals surface area contributed by atoms with Crippen molar-refractivity contribution in [2.45, 2.75) is 219 Å². The normalized spacial score (nSPS) is 13.4. The number of unbranched alkanes of at least 4 members (excludes halogenated alkanes) is 20. The van der Waals surface area contributed by atoms with Gasteiger partial charge in [0.2, 0.25) is 0 Å². The summed E-state index contributed by atoms with van der Waals surface area (Å²) in [5.74, 6) is -1.49. The van der Waals surface area contributed by atoms with Crippen LogP contribution in [0.1, 0.15) is 206 Å². The molecule has 0 radical (unpaired) electrons. The number of likely N-dealkylation sites (N-methyl/N-ethyl adjacent to an activating group) is 1. The first-order valence-corrected chi connectivity index (χ1v) is 24.8. The minimum atomic E-state index is -0.879. The predicted octanol–water partition coefficient (Wildman–Crippen LogP) is 14.1. The summed E-state index contributed by atoms with van der Waals surface area (Å²) in [4.78, 5) is 37.1. The van der Waals surface area contributed by atoms with E-state index >= 15 is 0 Å². The van der Waals surface area contributed by atoms with Gasteiger partial charge in [-0.05, 0) is 83.5 Å². The molecule has 0 saturated heterocycles. The van der Waals surface area contributed by atoms with E-state index in [1.807, 2.05) is 21.1 Å². The number of quaternary nitrogens is 1. The number of hydrogen-bond acceptors (Lipinski definition) is 6. The van der Waals surface area contributed by atoms with Crippen molar-refractivity contribution in [3.8, 4) is 0 Å². The minimum absolute atomic E-state index is 0.0514. The number of aliphatic carboxylic acids is 1. The second-order valence-electron chi connectivity index (χ2n) is 17.7. The molecule has 0 spiro atoms. The molecular weight excluding hydrogens is 763 g/mol. The third-order valence-electron chi connectivity index (χ3n) is 10.9. The fourth-order valence-corrected chi connectivity index (χ4v) is 7.01. The largest absolute Gasteiger partial charge is 0.477 e. The van der Waals surface area contributed by atoms with Gasteiger partial charge in [0.05, 0.1) is 34.4 Å². The van der Waals surface area contributed by atoms with Crippen LogP contribution in [0.5, 0.6) is 0 Å². The Morgan fingerprint density at radius 3 is 1.31 bits per heavy atom. The second kappa shape index (κ2) is 43.7. The molecule has 0 heterocycles. The number of nitrogens with zero attached hydrogens (tertiary/aromatic N) is 1.